The van der Waals surface area contributed by atoms with Crippen molar-refractivity contribution in [2.45, 2.75) is 56.5 Å². The number of methoxy groups -OCH3 is 2. The van der Waals surface area contributed by atoms with Gasteiger partial charge in [-0.05, 0) is 66.6 Å². The molecule has 9 nitrogen and oxygen atoms in total. The van der Waals surface area contributed by atoms with Crippen molar-refractivity contribution in [3.63, 3.8) is 0 Å². The summed E-state index contributed by atoms with van der Waals surface area (Å²) in [6.07, 6.45) is 1.39. The van der Waals surface area contributed by atoms with Crippen molar-refractivity contribution < 1.29 is 27.4 Å². The number of nitrogens with one attached hydrogen (secondary N) is 1. The van der Waals surface area contributed by atoms with Crippen LogP contribution in [0, 0.1) is 0 Å². The largest absolute Gasteiger partial charge is 0.493 e. The van der Waals surface area contributed by atoms with E-state index in [4.69, 9.17) is 9.47 Å². The Morgan fingerprint density at radius 1 is 1.04 bits per heavy atom. The van der Waals surface area contributed by atoms with Crippen molar-refractivity contribution >= 4 is 17.9 Å². The summed E-state index contributed by atoms with van der Waals surface area (Å²) >= 11 is 0. The third-order valence-electron chi connectivity index (χ3n) is 9.13. The number of aromatic nitrogens is 2. The summed E-state index contributed by atoms with van der Waals surface area (Å²) in [5.41, 5.74) is 3.36. The van der Waals surface area contributed by atoms with E-state index in [2.05, 4.69) is 42.1 Å². The van der Waals surface area contributed by atoms with E-state index in [0.29, 0.717) is 37.4 Å². The predicted octanol–water partition coefficient (Wildman–Crippen LogP) is 5.49. The molecule has 1 unspecified atom stereocenters. The van der Waals surface area contributed by atoms with Gasteiger partial charge in [-0.3, -0.25) is 9.80 Å². The number of anilines is 2. The monoisotopic (exact) mass is 624 g/mol. The molecule has 3 heterocycles. The third kappa shape index (κ3) is 6.72. The molecule has 1 aliphatic carbocycles. The van der Waals surface area contributed by atoms with Crippen LogP contribution >= 0.6 is 0 Å². The van der Waals surface area contributed by atoms with Crippen molar-refractivity contribution in [2.75, 3.05) is 57.2 Å². The van der Waals surface area contributed by atoms with Gasteiger partial charge in [-0.15, -0.1) is 0 Å². The Bertz CT molecular complexity index is 1490. The van der Waals surface area contributed by atoms with Gasteiger partial charge in [0.15, 0.2) is 11.5 Å². The van der Waals surface area contributed by atoms with Crippen LogP contribution in [0.15, 0.2) is 48.7 Å². The molecule has 2 aromatic carbocycles. The Morgan fingerprint density at radius 3 is 2.51 bits per heavy atom. The number of fused-ring (bicyclic) bond motifs is 1. The normalized spacial score (nSPS) is 19.7. The third-order valence-corrected chi connectivity index (χ3v) is 9.13. The maximum absolute atomic E-state index is 13.1. The molecule has 240 valence electrons. The van der Waals surface area contributed by atoms with Gasteiger partial charge in [-0.1, -0.05) is 18.2 Å². The van der Waals surface area contributed by atoms with Gasteiger partial charge < -0.3 is 24.5 Å². The lowest BCUT2D eigenvalue weighted by Crippen LogP contribution is -2.47. The highest BCUT2D eigenvalue weighted by molar-refractivity contribution is 5.70. The topological polar surface area (TPSA) is 83.1 Å². The van der Waals surface area contributed by atoms with Gasteiger partial charge in [-0.25, -0.2) is 9.97 Å². The Labute approximate surface area is 261 Å². The van der Waals surface area contributed by atoms with Crippen molar-refractivity contribution in [1.82, 2.24) is 19.8 Å². The molecule has 12 heteroatoms. The van der Waals surface area contributed by atoms with Gasteiger partial charge in [0, 0.05) is 63.2 Å². The molecule has 6 rings (SSSR count). The molecular weight excluding hydrogens is 585 g/mol. The van der Waals surface area contributed by atoms with E-state index >= 15 is 0 Å². The van der Waals surface area contributed by atoms with Crippen LogP contribution in [0.1, 0.15) is 60.2 Å². The molecule has 3 aromatic rings. The fourth-order valence-corrected chi connectivity index (χ4v) is 6.70. The summed E-state index contributed by atoms with van der Waals surface area (Å²) in [7, 11) is 3.17. The Morgan fingerprint density at radius 2 is 1.82 bits per heavy atom. The number of rotatable bonds is 12. The zero-order valence-electron chi connectivity index (χ0n) is 25.6. The maximum atomic E-state index is 13.1. The smallest absolute Gasteiger partial charge is 0.433 e. The summed E-state index contributed by atoms with van der Waals surface area (Å²) in [6, 6.07) is 13.0. The second-order valence-electron chi connectivity index (χ2n) is 11.8. The molecule has 2 atom stereocenters. The van der Waals surface area contributed by atoms with Crippen LogP contribution in [0.25, 0.3) is 0 Å². The minimum Gasteiger partial charge on any atom is -0.493 e. The van der Waals surface area contributed by atoms with Gasteiger partial charge in [0.1, 0.15) is 12.0 Å². The predicted molar refractivity (Wildman–Crippen MR) is 165 cm³/mol. The van der Waals surface area contributed by atoms with Gasteiger partial charge in [-0.2, -0.15) is 13.2 Å². The first-order valence-electron chi connectivity index (χ1n) is 15.5. The van der Waals surface area contributed by atoms with Crippen molar-refractivity contribution in [2.24, 2.45) is 0 Å². The number of aldehydes is 1. The molecule has 2 aliphatic heterocycles. The Hall–Kier alpha value is -3.90. The molecule has 0 spiro atoms. The standard InChI is InChI=1S/C33H39F3N6O3/c1-44-29-11-8-22(19-30(29)45-2)26(7-4-13-37-32-38-14-12-31(39-32)33(34,35)36)42-20-25-24(28(42)21-43)5-3-6-27(25)41-17-15-40(16-18-41)23-9-10-23/h3,5-6,8,11-12,14,19,21,23,26,28H,4,7,9-10,13,15-18,20H2,1-2H3,(H,37,38,39)/t26-,28?/m1/s1. The fourth-order valence-electron chi connectivity index (χ4n) is 6.70. The van der Waals surface area contributed by atoms with Crippen LogP contribution in [0.4, 0.5) is 24.8 Å². The summed E-state index contributed by atoms with van der Waals surface area (Å²) < 4.78 is 50.5. The second-order valence-corrected chi connectivity index (χ2v) is 11.8. The van der Waals surface area contributed by atoms with Crippen LogP contribution < -0.4 is 19.7 Å². The summed E-state index contributed by atoms with van der Waals surface area (Å²) in [5, 5.41) is 2.94. The number of piperazine rings is 1. The van der Waals surface area contributed by atoms with E-state index in [0.717, 1.165) is 61.9 Å². The number of benzene rings is 2. The molecule has 0 radical (unpaired) electrons. The first-order valence-corrected chi connectivity index (χ1v) is 15.5. The van der Waals surface area contributed by atoms with Crippen molar-refractivity contribution in [3.05, 3.63) is 71.0 Å². The number of alkyl halides is 3. The fraction of sp³-hybridized carbons (Fsp3) is 0.485. The summed E-state index contributed by atoms with van der Waals surface area (Å²) in [4.78, 5) is 27.6. The summed E-state index contributed by atoms with van der Waals surface area (Å²) in [6.45, 7) is 4.97. The van der Waals surface area contributed by atoms with Gasteiger partial charge >= 0.3 is 6.18 Å². The first kappa shape index (κ1) is 31.1. The molecule has 1 N–H and O–H groups in total. The van der Waals surface area contributed by atoms with E-state index in [1.165, 1.54) is 24.1 Å². The van der Waals surface area contributed by atoms with E-state index in [1.54, 1.807) is 14.2 Å². The van der Waals surface area contributed by atoms with E-state index in [9.17, 15) is 18.0 Å². The van der Waals surface area contributed by atoms with Gasteiger partial charge in [0.05, 0.1) is 20.3 Å². The maximum Gasteiger partial charge on any atom is 0.433 e. The SMILES string of the molecule is COc1ccc([C@@H](CCCNc2nccc(C(F)(F)F)n2)N2Cc3c(cccc3N3CCN(C4CC4)CC3)C2C=O)cc1OC. The molecule has 0 amide bonds. The summed E-state index contributed by atoms with van der Waals surface area (Å²) in [5.74, 6) is 1.12. The molecule has 1 saturated heterocycles. The average molecular weight is 625 g/mol. The lowest BCUT2D eigenvalue weighted by Gasteiger charge is -2.37. The molecule has 45 heavy (non-hydrogen) atoms. The minimum atomic E-state index is -4.55. The minimum absolute atomic E-state index is 0.0711. The van der Waals surface area contributed by atoms with Crippen LogP contribution in [-0.2, 0) is 17.5 Å². The number of hydrogen-bond donors (Lipinski definition) is 1. The lowest BCUT2D eigenvalue weighted by atomic mass is 9.98. The molecule has 0 bridgehead atoms. The van der Waals surface area contributed by atoms with Crippen LogP contribution in [-0.4, -0.2) is 79.0 Å². The van der Waals surface area contributed by atoms with Gasteiger partial charge in [0.2, 0.25) is 5.95 Å². The van der Waals surface area contributed by atoms with Crippen LogP contribution in [0.5, 0.6) is 11.5 Å². The highest BCUT2D eigenvalue weighted by Gasteiger charge is 2.39. The quantitative estimate of drug-likeness (QED) is 0.208. The highest BCUT2D eigenvalue weighted by atomic mass is 19.4. The molecule has 1 saturated carbocycles. The van der Waals surface area contributed by atoms with E-state index < -0.39 is 17.9 Å². The highest BCUT2D eigenvalue weighted by Crippen LogP contribution is 2.45. The second kappa shape index (κ2) is 13.2. The van der Waals surface area contributed by atoms with E-state index in [1.807, 2.05) is 24.3 Å². The number of ether oxygens (including phenoxy) is 2. The zero-order chi connectivity index (χ0) is 31.6. The average Bonchev–Trinajstić information content (AvgIpc) is 3.84. The molecule has 1 aromatic heterocycles. The van der Waals surface area contributed by atoms with Crippen LogP contribution in [0.2, 0.25) is 0 Å². The molecule has 3 aliphatic rings. The van der Waals surface area contributed by atoms with Crippen molar-refractivity contribution in [1.29, 1.82) is 0 Å². The number of carbonyl (C=O) groups is 1. The lowest BCUT2D eigenvalue weighted by molar-refractivity contribution is -0.141. The Kier molecular flexibility index (Phi) is 9.14. The molecular formula is C33H39F3N6O3. The number of halogens is 3. The molecule has 2 fully saturated rings. The number of carbonyl (C=O) groups excluding carboxylic acids is 1. The number of nitrogens with zero attached hydrogens (tertiary/aromatic N) is 5. The zero-order valence-corrected chi connectivity index (χ0v) is 25.6. The first-order chi connectivity index (χ1) is 21.8. The van der Waals surface area contributed by atoms with Gasteiger partial charge in [0.25, 0.3) is 0 Å². The van der Waals surface area contributed by atoms with Crippen molar-refractivity contribution in [3.8, 4) is 11.5 Å². The Balaban J connectivity index is 1.23. The van der Waals surface area contributed by atoms with Crippen LogP contribution in [0.3, 0.4) is 0 Å². The van der Waals surface area contributed by atoms with E-state index in [-0.39, 0.29) is 12.0 Å². The number of hydrogen-bond acceptors (Lipinski definition) is 9.